The molecule has 0 spiro atoms. The van der Waals surface area contributed by atoms with Crippen molar-refractivity contribution < 1.29 is 9.90 Å². The quantitative estimate of drug-likeness (QED) is 0.699. The van der Waals surface area contributed by atoms with Gasteiger partial charge in [0.25, 0.3) is 0 Å². The molecule has 3 N–H and O–H groups in total. The molecule has 1 aliphatic carbocycles. The van der Waals surface area contributed by atoms with Gasteiger partial charge in [0.05, 0.1) is 17.5 Å². The summed E-state index contributed by atoms with van der Waals surface area (Å²) in [4.78, 5) is 14.4. The summed E-state index contributed by atoms with van der Waals surface area (Å²) in [5.74, 6) is -0.391. The van der Waals surface area contributed by atoms with E-state index in [0.717, 1.165) is 25.7 Å². The van der Waals surface area contributed by atoms with E-state index < -0.39 is 0 Å². The van der Waals surface area contributed by atoms with Crippen LogP contribution in [0.3, 0.4) is 0 Å². The number of aliphatic hydroxyl groups is 1. The number of hydrogen-bond donors (Lipinski definition) is 2. The van der Waals surface area contributed by atoms with Gasteiger partial charge in [-0.3, -0.25) is 4.79 Å². The van der Waals surface area contributed by atoms with E-state index in [4.69, 9.17) is 23.1 Å². The van der Waals surface area contributed by atoms with Crippen molar-refractivity contribution in [2.45, 2.75) is 45.1 Å². The first-order valence-electron chi connectivity index (χ1n) is 6.32. The van der Waals surface area contributed by atoms with Crippen molar-refractivity contribution in [1.82, 2.24) is 4.90 Å². The van der Waals surface area contributed by atoms with Crippen LogP contribution in [0.5, 0.6) is 0 Å². The van der Waals surface area contributed by atoms with Gasteiger partial charge in [-0.25, -0.2) is 0 Å². The van der Waals surface area contributed by atoms with Crippen molar-refractivity contribution in [3.8, 4) is 0 Å². The lowest BCUT2D eigenvalue weighted by Gasteiger charge is -2.31. The van der Waals surface area contributed by atoms with Crippen molar-refractivity contribution >= 4 is 23.1 Å². The highest BCUT2D eigenvalue weighted by Gasteiger charge is 2.31. The first kappa shape index (κ1) is 14.4. The molecule has 0 aliphatic heterocycles. The second kappa shape index (κ2) is 6.91. The number of hydrogen-bond acceptors (Lipinski definition) is 3. The van der Waals surface area contributed by atoms with Gasteiger partial charge in [0.15, 0.2) is 0 Å². The van der Waals surface area contributed by atoms with Gasteiger partial charge in [0.2, 0.25) is 5.91 Å². The summed E-state index contributed by atoms with van der Waals surface area (Å²) in [6, 6.07) is 0.262. The highest BCUT2D eigenvalue weighted by Crippen LogP contribution is 2.25. The molecule has 1 amide bonds. The fraction of sp³-hybridized carbons (Fsp3) is 0.833. The van der Waals surface area contributed by atoms with Crippen LogP contribution in [0.2, 0.25) is 0 Å². The van der Waals surface area contributed by atoms with Gasteiger partial charge in [0, 0.05) is 12.6 Å². The highest BCUT2D eigenvalue weighted by molar-refractivity contribution is 7.80. The van der Waals surface area contributed by atoms with Crippen molar-refractivity contribution in [2.75, 3.05) is 13.2 Å². The topological polar surface area (TPSA) is 66.6 Å². The molecule has 0 aromatic carbocycles. The maximum atomic E-state index is 12.3. The zero-order chi connectivity index (χ0) is 12.8. The Kier molecular flexibility index (Phi) is 5.85. The largest absolute Gasteiger partial charge is 0.395 e. The van der Waals surface area contributed by atoms with Gasteiger partial charge in [-0.2, -0.15) is 0 Å². The van der Waals surface area contributed by atoms with Crippen molar-refractivity contribution in [3.63, 3.8) is 0 Å². The molecule has 17 heavy (non-hydrogen) atoms. The summed E-state index contributed by atoms with van der Waals surface area (Å²) in [6.45, 7) is 2.30. The molecule has 1 fully saturated rings. The minimum Gasteiger partial charge on any atom is -0.395 e. The van der Waals surface area contributed by atoms with Crippen molar-refractivity contribution in [1.29, 1.82) is 0 Å². The van der Waals surface area contributed by atoms with Crippen molar-refractivity contribution in [2.24, 2.45) is 11.7 Å². The van der Waals surface area contributed by atoms with E-state index in [2.05, 4.69) is 0 Å². The Labute approximate surface area is 108 Å². The standard InChI is InChI=1S/C12H22N2O2S/c1-2-10(11(13)17)12(16)14(7-8-15)9-5-3-4-6-9/h9-10,15H,2-8H2,1H3,(H2,13,17). The van der Waals surface area contributed by atoms with E-state index in [0.29, 0.717) is 13.0 Å². The van der Waals surface area contributed by atoms with E-state index in [-0.39, 0.29) is 29.5 Å². The maximum absolute atomic E-state index is 12.3. The minimum atomic E-state index is -0.378. The number of carbonyl (C=O) groups is 1. The van der Waals surface area contributed by atoms with Crippen LogP contribution in [-0.4, -0.2) is 40.1 Å². The average molecular weight is 258 g/mol. The monoisotopic (exact) mass is 258 g/mol. The summed E-state index contributed by atoms with van der Waals surface area (Å²) in [7, 11) is 0. The second-order valence-corrected chi connectivity index (χ2v) is 5.03. The van der Waals surface area contributed by atoms with Gasteiger partial charge < -0.3 is 15.7 Å². The van der Waals surface area contributed by atoms with E-state index in [1.165, 1.54) is 0 Å². The first-order chi connectivity index (χ1) is 8.11. The first-order valence-corrected chi connectivity index (χ1v) is 6.73. The molecule has 4 nitrogen and oxygen atoms in total. The Morgan fingerprint density at radius 2 is 2.12 bits per heavy atom. The number of nitrogens with zero attached hydrogens (tertiary/aromatic N) is 1. The van der Waals surface area contributed by atoms with E-state index in [1.54, 1.807) is 4.90 Å². The summed E-state index contributed by atoms with van der Waals surface area (Å²) in [5, 5.41) is 9.08. The molecule has 0 bridgehead atoms. The van der Waals surface area contributed by atoms with Gasteiger partial charge in [-0.15, -0.1) is 0 Å². The maximum Gasteiger partial charge on any atom is 0.232 e. The molecule has 1 rings (SSSR count). The van der Waals surface area contributed by atoms with Crippen LogP contribution in [0.1, 0.15) is 39.0 Å². The summed E-state index contributed by atoms with van der Waals surface area (Å²) in [6.07, 6.45) is 5.00. The Hall–Kier alpha value is -0.680. The third-order valence-corrected chi connectivity index (χ3v) is 3.72. The van der Waals surface area contributed by atoms with E-state index in [9.17, 15) is 4.79 Å². The van der Waals surface area contributed by atoms with Crippen LogP contribution >= 0.6 is 12.2 Å². The Balaban J connectivity index is 2.74. The van der Waals surface area contributed by atoms with Gasteiger partial charge >= 0.3 is 0 Å². The molecule has 1 atom stereocenters. The number of nitrogens with two attached hydrogens (primary N) is 1. The van der Waals surface area contributed by atoms with Crippen LogP contribution < -0.4 is 5.73 Å². The zero-order valence-corrected chi connectivity index (χ0v) is 11.2. The van der Waals surface area contributed by atoms with E-state index in [1.807, 2.05) is 6.92 Å². The van der Waals surface area contributed by atoms with Gasteiger partial charge in [0.1, 0.15) is 0 Å². The van der Waals surface area contributed by atoms with Crippen LogP contribution in [0.25, 0.3) is 0 Å². The van der Waals surface area contributed by atoms with E-state index >= 15 is 0 Å². The number of aliphatic hydroxyl groups excluding tert-OH is 1. The molecule has 5 heteroatoms. The lowest BCUT2D eigenvalue weighted by atomic mass is 10.0. The summed E-state index contributed by atoms with van der Waals surface area (Å²) in [5.41, 5.74) is 5.60. The smallest absolute Gasteiger partial charge is 0.232 e. The molecule has 0 radical (unpaired) electrons. The molecular formula is C12H22N2O2S. The summed E-state index contributed by atoms with van der Waals surface area (Å²) < 4.78 is 0. The number of amides is 1. The van der Waals surface area contributed by atoms with Gasteiger partial charge in [-0.05, 0) is 19.3 Å². The third kappa shape index (κ3) is 3.64. The normalized spacial score (nSPS) is 18.0. The lowest BCUT2D eigenvalue weighted by molar-refractivity contribution is -0.136. The number of thiocarbonyl (C=S) groups is 1. The molecule has 98 valence electrons. The molecule has 0 heterocycles. The molecule has 1 aliphatic rings. The van der Waals surface area contributed by atoms with Crippen molar-refractivity contribution in [3.05, 3.63) is 0 Å². The predicted molar refractivity (Wildman–Crippen MR) is 71.6 cm³/mol. The fourth-order valence-corrected chi connectivity index (χ4v) is 2.76. The molecule has 1 unspecified atom stereocenters. The third-order valence-electron chi connectivity index (χ3n) is 3.44. The number of carbonyl (C=O) groups excluding carboxylic acids is 1. The lowest BCUT2D eigenvalue weighted by Crippen LogP contribution is -2.46. The second-order valence-electron chi connectivity index (χ2n) is 4.56. The Morgan fingerprint density at radius 1 is 1.53 bits per heavy atom. The van der Waals surface area contributed by atoms with Crippen LogP contribution in [-0.2, 0) is 4.79 Å². The average Bonchev–Trinajstić information content (AvgIpc) is 2.79. The Bertz CT molecular complexity index is 278. The number of rotatable bonds is 6. The Morgan fingerprint density at radius 3 is 2.53 bits per heavy atom. The van der Waals surface area contributed by atoms with Crippen LogP contribution in [0.15, 0.2) is 0 Å². The molecule has 0 saturated heterocycles. The molecule has 0 aromatic heterocycles. The zero-order valence-electron chi connectivity index (χ0n) is 10.4. The summed E-state index contributed by atoms with van der Waals surface area (Å²) >= 11 is 4.94. The molecular weight excluding hydrogens is 236 g/mol. The molecule has 0 aromatic rings. The SMILES string of the molecule is CCC(C(=O)N(CCO)C1CCCC1)C(N)=S. The van der Waals surface area contributed by atoms with Gasteiger partial charge in [-0.1, -0.05) is 32.0 Å². The minimum absolute atomic E-state index is 0.00396. The molecule has 1 saturated carbocycles. The highest BCUT2D eigenvalue weighted by atomic mass is 32.1. The predicted octanol–water partition coefficient (Wildman–Crippen LogP) is 1.06. The fourth-order valence-electron chi connectivity index (χ4n) is 2.49. The van der Waals surface area contributed by atoms with Crippen LogP contribution in [0, 0.1) is 5.92 Å². The van der Waals surface area contributed by atoms with Crippen LogP contribution in [0.4, 0.5) is 0 Å².